The SMILES string of the molecule is N#Cc1ccc2c(oc3c(-c4ncccc4F)cccc32)c1-c1ccc(-c2ccccc2)cc1. The van der Waals surface area contributed by atoms with E-state index in [1.807, 2.05) is 66.7 Å². The van der Waals surface area contributed by atoms with E-state index >= 15 is 0 Å². The standard InChI is InChI=1S/C30H17FN2O/c31-26-10-5-17-33-28(26)25-9-4-8-23-24-16-15-22(18-32)27(30(24)34-29(23)25)21-13-11-20(12-14-21)19-6-2-1-3-7-19/h1-17H. The lowest BCUT2D eigenvalue weighted by atomic mass is 9.95. The van der Waals surface area contributed by atoms with Gasteiger partial charge in [-0.2, -0.15) is 5.26 Å². The van der Waals surface area contributed by atoms with Crippen molar-refractivity contribution in [2.75, 3.05) is 0 Å². The Morgan fingerprint density at radius 1 is 0.676 bits per heavy atom. The molecule has 4 heteroatoms. The first-order chi connectivity index (χ1) is 16.7. The quantitative estimate of drug-likeness (QED) is 0.280. The summed E-state index contributed by atoms with van der Waals surface area (Å²) in [4.78, 5) is 4.23. The minimum Gasteiger partial charge on any atom is -0.455 e. The Hall–Kier alpha value is -4.75. The Morgan fingerprint density at radius 2 is 1.41 bits per heavy atom. The monoisotopic (exact) mass is 440 g/mol. The number of benzene rings is 4. The van der Waals surface area contributed by atoms with Crippen molar-refractivity contribution in [2.45, 2.75) is 0 Å². The molecule has 0 saturated heterocycles. The first-order valence-corrected chi connectivity index (χ1v) is 10.9. The Balaban J connectivity index is 1.59. The molecule has 2 aromatic heterocycles. The van der Waals surface area contributed by atoms with Crippen molar-refractivity contribution < 1.29 is 8.81 Å². The zero-order valence-corrected chi connectivity index (χ0v) is 18.0. The van der Waals surface area contributed by atoms with E-state index in [0.29, 0.717) is 22.3 Å². The van der Waals surface area contributed by atoms with Crippen molar-refractivity contribution in [1.29, 1.82) is 5.26 Å². The largest absolute Gasteiger partial charge is 0.455 e. The Morgan fingerprint density at radius 3 is 2.18 bits per heavy atom. The summed E-state index contributed by atoms with van der Waals surface area (Å²) in [7, 11) is 0. The summed E-state index contributed by atoms with van der Waals surface area (Å²) in [6, 6.07) is 32.8. The maximum absolute atomic E-state index is 14.6. The van der Waals surface area contributed by atoms with Crippen LogP contribution in [0.4, 0.5) is 4.39 Å². The molecule has 0 saturated carbocycles. The van der Waals surface area contributed by atoms with Gasteiger partial charge in [0.1, 0.15) is 22.7 Å². The third-order valence-electron chi connectivity index (χ3n) is 6.08. The van der Waals surface area contributed by atoms with E-state index in [-0.39, 0.29) is 5.69 Å². The highest BCUT2D eigenvalue weighted by molar-refractivity contribution is 6.13. The smallest absolute Gasteiger partial charge is 0.149 e. The number of fused-ring (bicyclic) bond motifs is 3. The first kappa shape index (κ1) is 19.9. The third kappa shape index (κ3) is 3.15. The summed E-state index contributed by atoms with van der Waals surface area (Å²) in [5.41, 5.74) is 6.31. The molecule has 0 aliphatic heterocycles. The normalized spacial score (nSPS) is 11.1. The van der Waals surface area contributed by atoms with E-state index in [2.05, 4.69) is 23.2 Å². The minimum atomic E-state index is -0.412. The van der Waals surface area contributed by atoms with Gasteiger partial charge in [-0.1, -0.05) is 66.7 Å². The molecule has 160 valence electrons. The Labute approximate surface area is 195 Å². The van der Waals surface area contributed by atoms with E-state index in [0.717, 1.165) is 33.0 Å². The second-order valence-electron chi connectivity index (χ2n) is 8.04. The molecular formula is C30H17FN2O. The number of nitrogens with zero attached hydrogens (tertiary/aromatic N) is 2. The number of halogens is 1. The highest BCUT2D eigenvalue weighted by Crippen LogP contribution is 2.41. The van der Waals surface area contributed by atoms with Crippen LogP contribution in [0.5, 0.6) is 0 Å². The van der Waals surface area contributed by atoms with Gasteiger partial charge in [-0.3, -0.25) is 4.98 Å². The number of pyridine rings is 1. The fraction of sp³-hybridized carbons (Fsp3) is 0. The van der Waals surface area contributed by atoms with Gasteiger partial charge in [0, 0.05) is 28.1 Å². The average Bonchev–Trinajstić information content (AvgIpc) is 3.28. The molecule has 6 aromatic rings. The van der Waals surface area contributed by atoms with Gasteiger partial charge in [0.15, 0.2) is 0 Å². The molecule has 3 nitrogen and oxygen atoms in total. The number of hydrogen-bond donors (Lipinski definition) is 0. The molecule has 2 heterocycles. The van der Waals surface area contributed by atoms with Gasteiger partial charge in [-0.15, -0.1) is 0 Å². The van der Waals surface area contributed by atoms with Crippen molar-refractivity contribution in [3.8, 4) is 39.6 Å². The molecule has 6 rings (SSSR count). The van der Waals surface area contributed by atoms with Gasteiger partial charge in [-0.05, 0) is 47.0 Å². The summed E-state index contributed by atoms with van der Waals surface area (Å²) in [5, 5.41) is 11.6. The van der Waals surface area contributed by atoms with Gasteiger partial charge in [0.25, 0.3) is 0 Å². The summed E-state index contributed by atoms with van der Waals surface area (Å²) in [5.74, 6) is -0.412. The summed E-state index contributed by atoms with van der Waals surface area (Å²) in [6.45, 7) is 0. The van der Waals surface area contributed by atoms with E-state index in [1.165, 1.54) is 6.07 Å². The zero-order valence-electron chi connectivity index (χ0n) is 18.0. The Kier molecular flexibility index (Phi) is 4.67. The lowest BCUT2D eigenvalue weighted by Crippen LogP contribution is -1.88. The molecule has 0 unspecified atom stereocenters. The van der Waals surface area contributed by atoms with E-state index in [4.69, 9.17) is 4.42 Å². The van der Waals surface area contributed by atoms with Crippen molar-refractivity contribution >= 4 is 21.9 Å². The van der Waals surface area contributed by atoms with Crippen molar-refractivity contribution in [3.05, 3.63) is 115 Å². The number of furan rings is 1. The van der Waals surface area contributed by atoms with E-state index < -0.39 is 5.82 Å². The topological polar surface area (TPSA) is 49.8 Å². The average molecular weight is 440 g/mol. The summed E-state index contributed by atoms with van der Waals surface area (Å²) < 4.78 is 20.9. The lowest BCUT2D eigenvalue weighted by Gasteiger charge is -2.07. The number of hydrogen-bond acceptors (Lipinski definition) is 3. The van der Waals surface area contributed by atoms with Crippen LogP contribution in [0.25, 0.3) is 55.4 Å². The maximum atomic E-state index is 14.6. The number of nitriles is 1. The highest BCUT2D eigenvalue weighted by atomic mass is 19.1. The molecule has 0 N–H and O–H groups in total. The molecular weight excluding hydrogens is 423 g/mol. The van der Waals surface area contributed by atoms with Crippen molar-refractivity contribution in [1.82, 2.24) is 4.98 Å². The fourth-order valence-electron chi connectivity index (χ4n) is 4.47. The van der Waals surface area contributed by atoms with Gasteiger partial charge >= 0.3 is 0 Å². The van der Waals surface area contributed by atoms with Crippen LogP contribution in [0.15, 0.2) is 108 Å². The molecule has 0 radical (unpaired) electrons. The van der Waals surface area contributed by atoms with Crippen LogP contribution in [0.2, 0.25) is 0 Å². The van der Waals surface area contributed by atoms with Crippen LogP contribution in [0.1, 0.15) is 5.56 Å². The van der Waals surface area contributed by atoms with Crippen LogP contribution < -0.4 is 0 Å². The molecule has 0 spiro atoms. The summed E-state index contributed by atoms with van der Waals surface area (Å²) >= 11 is 0. The Bertz CT molecular complexity index is 1710. The minimum absolute atomic E-state index is 0.237. The van der Waals surface area contributed by atoms with Crippen LogP contribution in [0.3, 0.4) is 0 Å². The van der Waals surface area contributed by atoms with Gasteiger partial charge in [-0.25, -0.2) is 4.39 Å². The lowest BCUT2D eigenvalue weighted by molar-refractivity contribution is 0.624. The van der Waals surface area contributed by atoms with Crippen molar-refractivity contribution in [2.24, 2.45) is 0 Å². The second-order valence-corrected chi connectivity index (χ2v) is 8.04. The van der Waals surface area contributed by atoms with E-state index in [1.54, 1.807) is 18.3 Å². The predicted octanol–water partition coefficient (Wildman–Crippen LogP) is 7.99. The molecule has 0 fully saturated rings. The van der Waals surface area contributed by atoms with Gasteiger partial charge in [0.2, 0.25) is 0 Å². The van der Waals surface area contributed by atoms with Crippen LogP contribution in [0, 0.1) is 17.1 Å². The molecule has 0 amide bonds. The zero-order chi connectivity index (χ0) is 23.1. The first-order valence-electron chi connectivity index (χ1n) is 10.9. The highest BCUT2D eigenvalue weighted by Gasteiger charge is 2.20. The maximum Gasteiger partial charge on any atom is 0.149 e. The number of rotatable bonds is 3. The summed E-state index contributed by atoms with van der Waals surface area (Å²) in [6.07, 6.45) is 1.56. The predicted molar refractivity (Wildman–Crippen MR) is 132 cm³/mol. The van der Waals surface area contributed by atoms with Crippen LogP contribution in [-0.2, 0) is 0 Å². The fourth-order valence-corrected chi connectivity index (χ4v) is 4.47. The molecule has 0 aliphatic carbocycles. The molecule has 0 aliphatic rings. The van der Waals surface area contributed by atoms with Gasteiger partial charge in [0.05, 0.1) is 11.6 Å². The molecule has 4 aromatic carbocycles. The second kappa shape index (κ2) is 7.99. The van der Waals surface area contributed by atoms with Crippen LogP contribution in [-0.4, -0.2) is 4.98 Å². The van der Waals surface area contributed by atoms with Crippen molar-refractivity contribution in [3.63, 3.8) is 0 Å². The van der Waals surface area contributed by atoms with Gasteiger partial charge < -0.3 is 4.42 Å². The number of para-hydroxylation sites is 1. The molecule has 0 bridgehead atoms. The third-order valence-corrected chi connectivity index (χ3v) is 6.08. The van der Waals surface area contributed by atoms with E-state index in [9.17, 15) is 9.65 Å². The van der Waals surface area contributed by atoms with Crippen LogP contribution >= 0.6 is 0 Å². The number of aromatic nitrogens is 1. The molecule has 34 heavy (non-hydrogen) atoms. The molecule has 0 atom stereocenters.